The van der Waals surface area contributed by atoms with Gasteiger partial charge in [-0.2, -0.15) is 5.26 Å². The van der Waals surface area contributed by atoms with Crippen LogP contribution in [0.3, 0.4) is 0 Å². The van der Waals surface area contributed by atoms with Crippen molar-refractivity contribution in [3.8, 4) is 45.5 Å². The first-order valence-corrected chi connectivity index (χ1v) is 13.1. The Balaban J connectivity index is 1.38. The van der Waals surface area contributed by atoms with Crippen molar-refractivity contribution in [1.29, 1.82) is 5.26 Å². The molecule has 0 aliphatic rings. The fourth-order valence-corrected chi connectivity index (χ4v) is 4.81. The molecule has 2 aromatic heterocycles. The van der Waals surface area contributed by atoms with E-state index >= 15 is 0 Å². The van der Waals surface area contributed by atoms with E-state index in [0.29, 0.717) is 16.5 Å². The van der Waals surface area contributed by atoms with Gasteiger partial charge >= 0.3 is 0 Å². The van der Waals surface area contributed by atoms with Crippen molar-refractivity contribution in [1.82, 2.24) is 9.97 Å². The van der Waals surface area contributed by atoms with Crippen molar-refractivity contribution >= 4 is 23.6 Å². The van der Waals surface area contributed by atoms with Gasteiger partial charge in [0.2, 0.25) is 11.8 Å². The first-order valence-electron chi connectivity index (χ1n) is 12.2. The van der Waals surface area contributed by atoms with Crippen LogP contribution >= 0.6 is 11.8 Å². The van der Waals surface area contributed by atoms with Crippen molar-refractivity contribution < 1.29 is 13.9 Å². The number of nitrogens with zero attached hydrogens (tertiary/aromatic N) is 3. The number of hydrogen-bond acceptors (Lipinski definition) is 7. The van der Waals surface area contributed by atoms with Crippen LogP contribution < -0.4 is 10.1 Å². The predicted octanol–water partition coefficient (Wildman–Crippen LogP) is 6.99. The highest BCUT2D eigenvalue weighted by Gasteiger charge is 2.24. The van der Waals surface area contributed by atoms with Crippen LogP contribution in [-0.2, 0) is 4.79 Å². The second kappa shape index (κ2) is 11.7. The van der Waals surface area contributed by atoms with Crippen molar-refractivity contribution in [3.05, 3.63) is 102 Å². The molecule has 0 aliphatic heterocycles. The minimum atomic E-state index is -0.333. The SMILES string of the molecule is COc1ccc(-c2cc(C)nc(SCC(=O)Nc3oc(-c4ccccc4)c(-c4ccccc4)c3C#N)n2)cc1. The van der Waals surface area contributed by atoms with Crippen LogP contribution in [0.1, 0.15) is 11.3 Å². The molecule has 0 unspecified atom stereocenters. The average Bonchev–Trinajstić information content (AvgIpc) is 3.34. The van der Waals surface area contributed by atoms with E-state index in [1.165, 1.54) is 11.8 Å². The minimum Gasteiger partial charge on any atom is -0.497 e. The first kappa shape index (κ1) is 25.8. The third-order valence-electron chi connectivity index (χ3n) is 5.92. The van der Waals surface area contributed by atoms with Gasteiger partial charge in [0.25, 0.3) is 0 Å². The Bertz CT molecular complexity index is 1640. The van der Waals surface area contributed by atoms with Gasteiger partial charge in [-0.05, 0) is 42.8 Å². The Labute approximate surface area is 230 Å². The van der Waals surface area contributed by atoms with Gasteiger partial charge in [0.05, 0.1) is 18.6 Å². The van der Waals surface area contributed by atoms with E-state index in [1.54, 1.807) is 7.11 Å². The molecule has 1 N–H and O–H groups in total. The lowest BCUT2D eigenvalue weighted by Gasteiger charge is -2.07. The zero-order valence-corrected chi connectivity index (χ0v) is 22.2. The minimum absolute atomic E-state index is 0.0401. The molecule has 3 aromatic carbocycles. The van der Waals surface area contributed by atoms with Gasteiger partial charge in [-0.15, -0.1) is 0 Å². The molecule has 192 valence electrons. The summed E-state index contributed by atoms with van der Waals surface area (Å²) in [5.74, 6) is 1.10. The molecule has 8 heteroatoms. The summed E-state index contributed by atoms with van der Waals surface area (Å²) in [4.78, 5) is 22.1. The van der Waals surface area contributed by atoms with Crippen LogP contribution in [0.15, 0.2) is 101 Å². The van der Waals surface area contributed by atoms with Crippen molar-refractivity contribution in [2.45, 2.75) is 12.1 Å². The first-order chi connectivity index (χ1) is 19.1. The summed E-state index contributed by atoms with van der Waals surface area (Å²) < 4.78 is 11.3. The second-order valence-corrected chi connectivity index (χ2v) is 9.54. The molecule has 0 aliphatic carbocycles. The van der Waals surface area contributed by atoms with Crippen LogP contribution in [0.5, 0.6) is 5.75 Å². The number of benzene rings is 3. The molecular weight excluding hydrogens is 508 g/mol. The summed E-state index contributed by atoms with van der Waals surface area (Å²) >= 11 is 1.21. The molecule has 0 bridgehead atoms. The van der Waals surface area contributed by atoms with Gasteiger partial charge in [-0.25, -0.2) is 9.97 Å². The Hall–Kier alpha value is -4.87. The number of methoxy groups -OCH3 is 1. The number of carbonyl (C=O) groups excluding carboxylic acids is 1. The van der Waals surface area contributed by atoms with Crippen molar-refractivity contribution in [3.63, 3.8) is 0 Å². The van der Waals surface area contributed by atoms with Gasteiger partial charge in [0.15, 0.2) is 5.16 Å². The van der Waals surface area contributed by atoms with E-state index < -0.39 is 0 Å². The predicted molar refractivity (Wildman–Crippen MR) is 152 cm³/mol. The molecule has 7 nitrogen and oxygen atoms in total. The number of anilines is 1. The molecule has 0 saturated carbocycles. The summed E-state index contributed by atoms with van der Waals surface area (Å²) in [5.41, 5.74) is 5.00. The molecule has 0 fully saturated rings. The number of ether oxygens (including phenoxy) is 1. The van der Waals surface area contributed by atoms with Gasteiger partial charge in [-0.3, -0.25) is 10.1 Å². The molecule has 0 spiro atoms. The maximum Gasteiger partial charge on any atom is 0.237 e. The topological polar surface area (TPSA) is 101 Å². The molecule has 5 rings (SSSR count). The monoisotopic (exact) mass is 532 g/mol. The highest BCUT2D eigenvalue weighted by molar-refractivity contribution is 7.99. The molecule has 0 radical (unpaired) electrons. The average molecular weight is 533 g/mol. The molecule has 0 atom stereocenters. The van der Waals surface area contributed by atoms with E-state index in [2.05, 4.69) is 21.4 Å². The molecule has 1 amide bonds. The van der Waals surface area contributed by atoms with E-state index in [4.69, 9.17) is 9.15 Å². The zero-order chi connectivity index (χ0) is 27.2. The molecule has 39 heavy (non-hydrogen) atoms. The molecule has 2 heterocycles. The fraction of sp³-hybridized carbons (Fsp3) is 0.0968. The number of aryl methyl sites for hydroxylation is 1. The number of aromatic nitrogens is 2. The second-order valence-electron chi connectivity index (χ2n) is 8.60. The number of amides is 1. The zero-order valence-electron chi connectivity index (χ0n) is 21.3. The highest BCUT2D eigenvalue weighted by atomic mass is 32.2. The summed E-state index contributed by atoms with van der Waals surface area (Å²) in [6, 6.07) is 30.8. The number of thioether (sulfide) groups is 1. The Kier molecular flexibility index (Phi) is 7.71. The third-order valence-corrected chi connectivity index (χ3v) is 6.77. The van der Waals surface area contributed by atoms with Crippen LogP contribution in [0.4, 0.5) is 5.88 Å². The fourth-order valence-electron chi connectivity index (χ4n) is 4.11. The van der Waals surface area contributed by atoms with Crippen molar-refractivity contribution in [2.24, 2.45) is 0 Å². The van der Waals surface area contributed by atoms with Crippen LogP contribution in [0.2, 0.25) is 0 Å². The standard InChI is InChI=1S/C31H24N4O3S/c1-20-17-26(21-13-15-24(37-2)16-14-21)34-31(33-20)39-19-27(36)35-30-25(18-32)28(22-9-5-3-6-10-22)29(38-30)23-11-7-4-8-12-23/h3-17H,19H2,1-2H3,(H,35,36). The van der Waals surface area contributed by atoms with Gasteiger partial charge in [0, 0.05) is 22.4 Å². The van der Waals surface area contributed by atoms with E-state index in [1.807, 2.05) is 97.9 Å². The lowest BCUT2D eigenvalue weighted by Crippen LogP contribution is -2.14. The maximum atomic E-state index is 13.0. The van der Waals surface area contributed by atoms with E-state index in [9.17, 15) is 10.1 Å². The Morgan fingerprint density at radius 1 is 0.949 bits per heavy atom. The lowest BCUT2D eigenvalue weighted by molar-refractivity contribution is -0.113. The van der Waals surface area contributed by atoms with Gasteiger partial charge < -0.3 is 9.15 Å². The van der Waals surface area contributed by atoms with Gasteiger partial charge in [0.1, 0.15) is 23.1 Å². The van der Waals surface area contributed by atoms with Crippen molar-refractivity contribution in [2.75, 3.05) is 18.2 Å². The number of furan rings is 1. The number of nitriles is 1. The summed E-state index contributed by atoms with van der Waals surface area (Å²) in [7, 11) is 1.62. The van der Waals surface area contributed by atoms with E-state index in [-0.39, 0.29) is 23.1 Å². The summed E-state index contributed by atoms with van der Waals surface area (Å²) in [6.07, 6.45) is 0. The van der Waals surface area contributed by atoms with Crippen LogP contribution in [-0.4, -0.2) is 28.7 Å². The molecule has 0 saturated heterocycles. The number of nitrogens with one attached hydrogen (secondary N) is 1. The summed E-state index contributed by atoms with van der Waals surface area (Å²) in [5, 5.41) is 13.3. The number of hydrogen-bond donors (Lipinski definition) is 1. The molecule has 5 aromatic rings. The number of rotatable bonds is 8. The third kappa shape index (κ3) is 5.84. The van der Waals surface area contributed by atoms with Crippen LogP contribution in [0.25, 0.3) is 33.7 Å². The quantitative estimate of drug-likeness (QED) is 0.170. The Morgan fingerprint density at radius 2 is 1.62 bits per heavy atom. The highest BCUT2D eigenvalue weighted by Crippen LogP contribution is 2.41. The molecular formula is C31H24N4O3S. The smallest absolute Gasteiger partial charge is 0.237 e. The largest absolute Gasteiger partial charge is 0.497 e. The van der Waals surface area contributed by atoms with Crippen LogP contribution in [0, 0.1) is 18.3 Å². The normalized spacial score (nSPS) is 10.6. The summed E-state index contributed by atoms with van der Waals surface area (Å²) in [6.45, 7) is 1.89. The Morgan fingerprint density at radius 3 is 2.26 bits per heavy atom. The van der Waals surface area contributed by atoms with E-state index in [0.717, 1.165) is 33.8 Å². The van der Waals surface area contributed by atoms with Gasteiger partial charge in [-0.1, -0.05) is 72.4 Å². The lowest BCUT2D eigenvalue weighted by atomic mass is 9.98. The maximum absolute atomic E-state index is 13.0. The number of carbonyl (C=O) groups is 1.